The van der Waals surface area contributed by atoms with Crippen LogP contribution in [0, 0.1) is 6.92 Å². The number of hydrogen-bond acceptors (Lipinski definition) is 4. The van der Waals surface area contributed by atoms with Crippen LogP contribution in [0.25, 0.3) is 0 Å². The molecule has 100 valence electrons. The van der Waals surface area contributed by atoms with E-state index in [1.165, 1.54) is 4.90 Å². The van der Waals surface area contributed by atoms with Crippen molar-refractivity contribution >= 4 is 29.2 Å². The third-order valence-electron chi connectivity index (χ3n) is 2.45. The zero-order chi connectivity index (χ0) is 13.5. The second-order valence-corrected chi connectivity index (χ2v) is 5.62. The lowest BCUT2D eigenvalue weighted by atomic mass is 10.4. The molecule has 0 spiro atoms. The van der Waals surface area contributed by atoms with Crippen LogP contribution in [-0.2, 0) is 0 Å². The van der Waals surface area contributed by atoms with E-state index in [0.29, 0.717) is 11.0 Å². The molecular weight excluding hydrogens is 278 g/mol. The Bertz CT molecular complexity index is 499. The molecule has 0 aliphatic heterocycles. The number of benzene rings is 1. The van der Waals surface area contributed by atoms with Crippen LogP contribution >= 0.6 is 23.4 Å². The van der Waals surface area contributed by atoms with Crippen LogP contribution in [0.5, 0.6) is 0 Å². The van der Waals surface area contributed by atoms with Gasteiger partial charge in [0, 0.05) is 17.5 Å². The second kappa shape index (κ2) is 7.36. The first kappa shape index (κ1) is 14.2. The molecule has 5 heteroatoms. The number of anilines is 1. The Labute approximate surface area is 122 Å². The summed E-state index contributed by atoms with van der Waals surface area (Å²) in [5.41, 5.74) is 0. The molecule has 0 saturated carbocycles. The van der Waals surface area contributed by atoms with E-state index in [4.69, 9.17) is 11.6 Å². The third-order valence-corrected chi connectivity index (χ3v) is 3.74. The highest BCUT2D eigenvalue weighted by atomic mass is 35.5. The van der Waals surface area contributed by atoms with E-state index in [2.05, 4.69) is 39.6 Å². The van der Waals surface area contributed by atoms with Crippen molar-refractivity contribution in [3.63, 3.8) is 0 Å². The molecule has 0 amide bonds. The molecule has 3 nitrogen and oxygen atoms in total. The molecule has 0 bridgehead atoms. The summed E-state index contributed by atoms with van der Waals surface area (Å²) in [6, 6.07) is 12.2. The van der Waals surface area contributed by atoms with Crippen LogP contribution < -0.4 is 5.32 Å². The molecule has 2 rings (SSSR count). The molecule has 1 aromatic heterocycles. The minimum atomic E-state index is 0.480. The lowest BCUT2D eigenvalue weighted by molar-refractivity contribution is 0.962. The summed E-state index contributed by atoms with van der Waals surface area (Å²) in [5.74, 6) is 2.56. The van der Waals surface area contributed by atoms with E-state index in [0.717, 1.165) is 24.5 Å². The fourth-order valence-corrected chi connectivity index (χ4v) is 2.72. The van der Waals surface area contributed by atoms with Crippen LogP contribution in [0.4, 0.5) is 5.82 Å². The lowest BCUT2D eigenvalue weighted by Crippen LogP contribution is -2.05. The smallest absolute Gasteiger partial charge is 0.134 e. The summed E-state index contributed by atoms with van der Waals surface area (Å²) in [4.78, 5) is 9.61. The number of thioether (sulfide) groups is 1. The molecule has 0 saturated heterocycles. The number of nitrogens with one attached hydrogen (secondary N) is 1. The van der Waals surface area contributed by atoms with E-state index >= 15 is 0 Å². The van der Waals surface area contributed by atoms with Gasteiger partial charge in [0.05, 0.1) is 0 Å². The van der Waals surface area contributed by atoms with Crippen molar-refractivity contribution in [1.29, 1.82) is 0 Å². The van der Waals surface area contributed by atoms with Gasteiger partial charge in [0.25, 0.3) is 0 Å². The van der Waals surface area contributed by atoms with Gasteiger partial charge in [-0.05, 0) is 31.2 Å². The quantitative estimate of drug-likeness (QED) is 0.496. The van der Waals surface area contributed by atoms with Gasteiger partial charge in [-0.1, -0.05) is 29.8 Å². The summed E-state index contributed by atoms with van der Waals surface area (Å²) >= 11 is 7.74. The fourth-order valence-electron chi connectivity index (χ4n) is 1.62. The standard InChI is InChI=1S/C14H16ClN3S/c1-11-17-13(15)10-14(18-11)16-8-5-9-19-12-6-3-2-4-7-12/h2-4,6-7,10H,5,8-9H2,1H3,(H,16,17,18). The Morgan fingerprint density at radius 3 is 2.74 bits per heavy atom. The normalized spacial score (nSPS) is 10.4. The molecule has 0 radical (unpaired) electrons. The summed E-state index contributed by atoms with van der Waals surface area (Å²) in [7, 11) is 0. The number of hydrogen-bond donors (Lipinski definition) is 1. The fraction of sp³-hybridized carbons (Fsp3) is 0.286. The highest BCUT2D eigenvalue weighted by Crippen LogP contribution is 2.17. The van der Waals surface area contributed by atoms with Gasteiger partial charge in [-0.25, -0.2) is 9.97 Å². The summed E-state index contributed by atoms with van der Waals surface area (Å²) in [6.07, 6.45) is 1.07. The molecule has 2 aromatic rings. The highest BCUT2D eigenvalue weighted by molar-refractivity contribution is 7.99. The van der Waals surface area contributed by atoms with Gasteiger partial charge in [-0.15, -0.1) is 11.8 Å². The number of nitrogens with zero attached hydrogens (tertiary/aromatic N) is 2. The van der Waals surface area contributed by atoms with Gasteiger partial charge in [0.2, 0.25) is 0 Å². The molecule has 1 aromatic carbocycles. The average molecular weight is 294 g/mol. The summed E-state index contributed by atoms with van der Waals surface area (Å²) in [6.45, 7) is 2.72. The van der Waals surface area contributed by atoms with Crippen molar-refractivity contribution in [3.05, 3.63) is 47.4 Å². The maximum absolute atomic E-state index is 5.88. The van der Waals surface area contributed by atoms with Crippen molar-refractivity contribution in [2.75, 3.05) is 17.6 Å². The minimum absolute atomic E-state index is 0.480. The molecule has 1 heterocycles. The number of rotatable bonds is 6. The Hall–Kier alpha value is -1.26. The number of aryl methyl sites for hydroxylation is 1. The first-order valence-corrected chi connectivity index (χ1v) is 7.53. The van der Waals surface area contributed by atoms with E-state index in [-0.39, 0.29) is 0 Å². The summed E-state index contributed by atoms with van der Waals surface area (Å²) < 4.78 is 0. The highest BCUT2D eigenvalue weighted by Gasteiger charge is 1.99. The molecule has 0 unspecified atom stereocenters. The van der Waals surface area contributed by atoms with E-state index in [9.17, 15) is 0 Å². The molecule has 0 aliphatic carbocycles. The van der Waals surface area contributed by atoms with Crippen molar-refractivity contribution in [2.24, 2.45) is 0 Å². The Morgan fingerprint density at radius 2 is 2.00 bits per heavy atom. The van der Waals surface area contributed by atoms with Gasteiger partial charge >= 0.3 is 0 Å². The molecule has 0 aliphatic rings. The average Bonchev–Trinajstić information content (AvgIpc) is 2.38. The van der Waals surface area contributed by atoms with Crippen molar-refractivity contribution in [2.45, 2.75) is 18.2 Å². The van der Waals surface area contributed by atoms with Gasteiger partial charge < -0.3 is 5.32 Å². The lowest BCUT2D eigenvalue weighted by Gasteiger charge is -2.06. The van der Waals surface area contributed by atoms with Gasteiger partial charge in [0.1, 0.15) is 16.8 Å². The Kier molecular flexibility index (Phi) is 5.48. The van der Waals surface area contributed by atoms with Gasteiger partial charge in [-0.3, -0.25) is 0 Å². The van der Waals surface area contributed by atoms with E-state index < -0.39 is 0 Å². The van der Waals surface area contributed by atoms with Crippen molar-refractivity contribution in [3.8, 4) is 0 Å². The van der Waals surface area contributed by atoms with E-state index in [1.54, 1.807) is 6.07 Å². The zero-order valence-electron chi connectivity index (χ0n) is 10.8. The maximum Gasteiger partial charge on any atom is 0.134 e. The molecule has 0 fully saturated rings. The van der Waals surface area contributed by atoms with Gasteiger partial charge in [-0.2, -0.15) is 0 Å². The largest absolute Gasteiger partial charge is 0.370 e. The molecule has 0 atom stereocenters. The van der Waals surface area contributed by atoms with Crippen molar-refractivity contribution < 1.29 is 0 Å². The molecular formula is C14H16ClN3S. The first-order chi connectivity index (χ1) is 9.24. The zero-order valence-corrected chi connectivity index (χ0v) is 12.3. The Balaban J connectivity index is 1.69. The molecule has 19 heavy (non-hydrogen) atoms. The number of aromatic nitrogens is 2. The first-order valence-electron chi connectivity index (χ1n) is 6.17. The van der Waals surface area contributed by atoms with E-state index in [1.807, 2.05) is 24.8 Å². The monoisotopic (exact) mass is 293 g/mol. The predicted molar refractivity (Wildman–Crippen MR) is 82.1 cm³/mol. The predicted octanol–water partition coefficient (Wildman–Crippen LogP) is 4.03. The SMILES string of the molecule is Cc1nc(Cl)cc(NCCCSc2ccccc2)n1. The summed E-state index contributed by atoms with van der Waals surface area (Å²) in [5, 5.41) is 3.74. The van der Waals surface area contributed by atoms with Crippen LogP contribution in [0.1, 0.15) is 12.2 Å². The topological polar surface area (TPSA) is 37.8 Å². The minimum Gasteiger partial charge on any atom is -0.370 e. The molecule has 1 N–H and O–H groups in total. The van der Waals surface area contributed by atoms with Crippen LogP contribution in [0.15, 0.2) is 41.3 Å². The third kappa shape index (κ3) is 5.09. The van der Waals surface area contributed by atoms with Crippen LogP contribution in [0.3, 0.4) is 0 Å². The second-order valence-electron chi connectivity index (χ2n) is 4.06. The van der Waals surface area contributed by atoms with Crippen LogP contribution in [-0.4, -0.2) is 22.3 Å². The van der Waals surface area contributed by atoms with Crippen LogP contribution in [0.2, 0.25) is 5.15 Å². The Morgan fingerprint density at radius 1 is 1.21 bits per heavy atom. The number of halogens is 1. The van der Waals surface area contributed by atoms with Gasteiger partial charge in [0.15, 0.2) is 0 Å². The van der Waals surface area contributed by atoms with Crippen molar-refractivity contribution in [1.82, 2.24) is 9.97 Å². The maximum atomic E-state index is 5.88.